The summed E-state index contributed by atoms with van der Waals surface area (Å²) in [5.41, 5.74) is 0.373. The molecule has 0 bridgehead atoms. The van der Waals surface area contributed by atoms with Gasteiger partial charge in [-0.2, -0.15) is 0 Å². The van der Waals surface area contributed by atoms with Crippen LogP contribution in [0.5, 0.6) is 0 Å². The number of likely N-dealkylation sites (tertiary alicyclic amines) is 1. The van der Waals surface area contributed by atoms with Crippen molar-refractivity contribution in [3.8, 4) is 0 Å². The van der Waals surface area contributed by atoms with Crippen molar-refractivity contribution >= 4 is 11.9 Å². The number of aryl methyl sites for hydroxylation is 1. The molecular formula is C12H15NO5. The van der Waals surface area contributed by atoms with Crippen LogP contribution in [0.3, 0.4) is 0 Å². The van der Waals surface area contributed by atoms with Crippen LogP contribution in [0.1, 0.15) is 29.5 Å². The number of carbonyl (C=O) groups excluding carboxylic acids is 1. The minimum Gasteiger partial charge on any atom is -0.480 e. The fourth-order valence-corrected chi connectivity index (χ4v) is 2.23. The predicted molar refractivity (Wildman–Crippen MR) is 61.2 cm³/mol. The maximum atomic E-state index is 12.2. The summed E-state index contributed by atoms with van der Waals surface area (Å²) in [4.78, 5) is 24.5. The standard InChI is InChI=1S/C12H15NO5/c1-2-10-8(3-4-18-10)11(15)13-6-7(14)5-9(13)12(16)17/h3-4,7,9,14H,2,5-6H2,1H3,(H,16,17). The normalized spacial score (nSPS) is 23.3. The summed E-state index contributed by atoms with van der Waals surface area (Å²) in [7, 11) is 0. The third-order valence-corrected chi connectivity index (χ3v) is 3.12. The van der Waals surface area contributed by atoms with E-state index in [-0.39, 0.29) is 13.0 Å². The van der Waals surface area contributed by atoms with E-state index in [0.29, 0.717) is 17.7 Å². The molecule has 0 aromatic carbocycles. The first-order valence-corrected chi connectivity index (χ1v) is 5.82. The van der Waals surface area contributed by atoms with Crippen LogP contribution in [0, 0.1) is 0 Å². The highest BCUT2D eigenvalue weighted by molar-refractivity contribution is 5.97. The number of nitrogens with zero attached hydrogens (tertiary/aromatic N) is 1. The van der Waals surface area contributed by atoms with Gasteiger partial charge in [0.25, 0.3) is 5.91 Å². The van der Waals surface area contributed by atoms with E-state index in [0.717, 1.165) is 0 Å². The molecule has 6 heteroatoms. The summed E-state index contributed by atoms with van der Waals surface area (Å²) < 4.78 is 5.16. The van der Waals surface area contributed by atoms with Crippen LogP contribution in [-0.2, 0) is 11.2 Å². The van der Waals surface area contributed by atoms with Crippen molar-refractivity contribution in [1.29, 1.82) is 0 Å². The number of furan rings is 1. The van der Waals surface area contributed by atoms with Gasteiger partial charge in [-0.3, -0.25) is 4.79 Å². The summed E-state index contributed by atoms with van der Waals surface area (Å²) in [6.45, 7) is 1.90. The predicted octanol–water partition coefficient (Wildman–Crippen LogP) is 0.502. The van der Waals surface area contributed by atoms with Crippen molar-refractivity contribution in [1.82, 2.24) is 4.90 Å². The smallest absolute Gasteiger partial charge is 0.326 e. The second-order valence-electron chi connectivity index (χ2n) is 4.31. The molecule has 1 aromatic heterocycles. The van der Waals surface area contributed by atoms with Crippen molar-refractivity contribution < 1.29 is 24.2 Å². The molecule has 0 spiro atoms. The van der Waals surface area contributed by atoms with Crippen LogP contribution in [0.4, 0.5) is 0 Å². The SMILES string of the molecule is CCc1occc1C(=O)N1CC(O)CC1C(=O)O. The summed E-state index contributed by atoms with van der Waals surface area (Å²) in [6, 6.07) is 0.567. The van der Waals surface area contributed by atoms with Crippen LogP contribution in [0.25, 0.3) is 0 Å². The summed E-state index contributed by atoms with van der Waals surface area (Å²) >= 11 is 0. The zero-order valence-electron chi connectivity index (χ0n) is 10.00. The number of aliphatic hydroxyl groups excluding tert-OH is 1. The van der Waals surface area contributed by atoms with Gasteiger partial charge in [0.05, 0.1) is 17.9 Å². The van der Waals surface area contributed by atoms with Crippen LogP contribution >= 0.6 is 0 Å². The van der Waals surface area contributed by atoms with Gasteiger partial charge in [0, 0.05) is 19.4 Å². The molecule has 1 amide bonds. The summed E-state index contributed by atoms with van der Waals surface area (Å²) in [6.07, 6.45) is 1.25. The summed E-state index contributed by atoms with van der Waals surface area (Å²) in [5, 5.41) is 18.6. The Balaban J connectivity index is 2.25. The largest absolute Gasteiger partial charge is 0.480 e. The van der Waals surface area contributed by atoms with E-state index in [1.54, 1.807) is 0 Å². The van der Waals surface area contributed by atoms with Gasteiger partial charge in [0.1, 0.15) is 11.8 Å². The Labute approximate surface area is 104 Å². The van der Waals surface area contributed by atoms with E-state index in [4.69, 9.17) is 9.52 Å². The second kappa shape index (κ2) is 4.81. The van der Waals surface area contributed by atoms with Gasteiger partial charge in [-0.15, -0.1) is 0 Å². The maximum Gasteiger partial charge on any atom is 0.326 e. The molecule has 2 N–H and O–H groups in total. The Morgan fingerprint density at radius 1 is 1.56 bits per heavy atom. The number of hydrogen-bond acceptors (Lipinski definition) is 4. The third kappa shape index (κ3) is 2.11. The molecule has 1 fully saturated rings. The van der Waals surface area contributed by atoms with Gasteiger partial charge in [0.2, 0.25) is 0 Å². The molecule has 0 radical (unpaired) electrons. The van der Waals surface area contributed by atoms with Gasteiger partial charge >= 0.3 is 5.97 Å². The first-order chi connectivity index (χ1) is 8.54. The second-order valence-corrected chi connectivity index (χ2v) is 4.31. The van der Waals surface area contributed by atoms with E-state index >= 15 is 0 Å². The van der Waals surface area contributed by atoms with Crippen molar-refractivity contribution in [2.75, 3.05) is 6.54 Å². The van der Waals surface area contributed by atoms with E-state index in [2.05, 4.69) is 0 Å². The van der Waals surface area contributed by atoms with E-state index in [1.807, 2.05) is 6.92 Å². The Morgan fingerprint density at radius 3 is 2.89 bits per heavy atom. The average Bonchev–Trinajstić information content (AvgIpc) is 2.93. The van der Waals surface area contributed by atoms with Gasteiger partial charge in [-0.05, 0) is 6.07 Å². The lowest BCUT2D eigenvalue weighted by Crippen LogP contribution is -2.40. The third-order valence-electron chi connectivity index (χ3n) is 3.12. The van der Waals surface area contributed by atoms with Crippen LogP contribution in [0.15, 0.2) is 16.7 Å². The van der Waals surface area contributed by atoms with Gasteiger partial charge in [-0.25, -0.2) is 4.79 Å². The van der Waals surface area contributed by atoms with Crippen LogP contribution in [-0.4, -0.2) is 45.7 Å². The van der Waals surface area contributed by atoms with Crippen LogP contribution < -0.4 is 0 Å². The molecular weight excluding hydrogens is 238 g/mol. The van der Waals surface area contributed by atoms with E-state index < -0.39 is 24.0 Å². The zero-order chi connectivity index (χ0) is 13.3. The number of carboxylic acid groups (broad SMARTS) is 1. The first-order valence-electron chi connectivity index (χ1n) is 5.82. The molecule has 2 unspecified atom stereocenters. The number of rotatable bonds is 3. The number of aliphatic hydroxyl groups is 1. The van der Waals surface area contributed by atoms with Gasteiger partial charge in [-0.1, -0.05) is 6.92 Å². The number of β-amino-alcohol motifs (C(OH)–C–C–N with tert-alkyl or cyclic N) is 1. The Hall–Kier alpha value is -1.82. The highest BCUT2D eigenvalue weighted by Crippen LogP contribution is 2.23. The molecule has 2 heterocycles. The Morgan fingerprint density at radius 2 is 2.28 bits per heavy atom. The quantitative estimate of drug-likeness (QED) is 0.818. The van der Waals surface area contributed by atoms with Crippen LogP contribution in [0.2, 0.25) is 0 Å². The van der Waals surface area contributed by atoms with E-state index in [9.17, 15) is 14.7 Å². The number of carbonyl (C=O) groups is 2. The number of carboxylic acids is 1. The monoisotopic (exact) mass is 253 g/mol. The molecule has 0 saturated carbocycles. The highest BCUT2D eigenvalue weighted by Gasteiger charge is 2.39. The fraction of sp³-hybridized carbons (Fsp3) is 0.500. The minimum absolute atomic E-state index is 0.0458. The molecule has 18 heavy (non-hydrogen) atoms. The molecule has 1 saturated heterocycles. The zero-order valence-corrected chi connectivity index (χ0v) is 10.00. The van der Waals surface area contributed by atoms with Crippen molar-refractivity contribution in [3.63, 3.8) is 0 Å². The van der Waals surface area contributed by atoms with Crippen molar-refractivity contribution in [2.24, 2.45) is 0 Å². The topological polar surface area (TPSA) is 91.0 Å². The molecule has 0 aliphatic carbocycles. The summed E-state index contributed by atoms with van der Waals surface area (Å²) in [5.74, 6) is -0.962. The molecule has 98 valence electrons. The van der Waals surface area contributed by atoms with Gasteiger partial charge in [0.15, 0.2) is 0 Å². The minimum atomic E-state index is -1.10. The molecule has 6 nitrogen and oxygen atoms in total. The lowest BCUT2D eigenvalue weighted by Gasteiger charge is -2.20. The average molecular weight is 253 g/mol. The molecule has 1 aliphatic rings. The maximum absolute atomic E-state index is 12.2. The molecule has 2 atom stereocenters. The van der Waals surface area contributed by atoms with E-state index in [1.165, 1.54) is 17.2 Å². The van der Waals surface area contributed by atoms with Crippen molar-refractivity contribution in [3.05, 3.63) is 23.7 Å². The number of aliphatic carboxylic acids is 1. The highest BCUT2D eigenvalue weighted by atomic mass is 16.4. The number of hydrogen-bond donors (Lipinski definition) is 2. The molecule has 1 aliphatic heterocycles. The van der Waals surface area contributed by atoms with Crippen molar-refractivity contribution in [2.45, 2.75) is 31.9 Å². The lowest BCUT2D eigenvalue weighted by atomic mass is 10.1. The lowest BCUT2D eigenvalue weighted by molar-refractivity contribution is -0.141. The first kappa shape index (κ1) is 12.6. The van der Waals surface area contributed by atoms with Gasteiger partial charge < -0.3 is 19.5 Å². The fourth-order valence-electron chi connectivity index (χ4n) is 2.23. The Kier molecular flexibility index (Phi) is 3.38. The molecule has 1 aromatic rings. The Bertz CT molecular complexity index is 467. The number of amides is 1. The molecule has 2 rings (SSSR count).